The van der Waals surface area contributed by atoms with E-state index in [4.69, 9.17) is 0 Å². The van der Waals surface area contributed by atoms with Crippen molar-refractivity contribution in [3.63, 3.8) is 0 Å². The molecule has 0 aliphatic heterocycles. The van der Waals surface area contributed by atoms with Crippen LogP contribution in [0.4, 0.5) is 28.4 Å². The van der Waals surface area contributed by atoms with Crippen LogP contribution in [0, 0.1) is 20.8 Å². The lowest BCUT2D eigenvalue weighted by Crippen LogP contribution is -2.20. The fourth-order valence-electron chi connectivity index (χ4n) is 5.81. The highest BCUT2D eigenvalue weighted by Crippen LogP contribution is 2.49. The van der Waals surface area contributed by atoms with Crippen LogP contribution in [-0.2, 0) is 0 Å². The summed E-state index contributed by atoms with van der Waals surface area (Å²) in [4.78, 5) is 4.85. The van der Waals surface area contributed by atoms with Crippen molar-refractivity contribution in [2.75, 3.05) is 9.80 Å². The molecule has 0 saturated carbocycles. The van der Waals surface area contributed by atoms with Crippen LogP contribution >= 0.6 is 0 Å². The lowest BCUT2D eigenvalue weighted by Gasteiger charge is -2.35. The highest BCUT2D eigenvalue weighted by molar-refractivity contribution is 6.11. The number of benzene rings is 5. The number of fused-ring (bicyclic) bond motifs is 1. The molecule has 5 rings (SSSR count). The Hall–Kier alpha value is -5.08. The van der Waals surface area contributed by atoms with Crippen molar-refractivity contribution >= 4 is 45.3 Å². The Labute approximate surface area is 263 Å². The zero-order chi connectivity index (χ0) is 31.1. The highest BCUT2D eigenvalue weighted by Gasteiger charge is 2.26. The van der Waals surface area contributed by atoms with E-state index in [1.54, 1.807) is 0 Å². The van der Waals surface area contributed by atoms with E-state index in [0.717, 1.165) is 34.7 Å². The van der Waals surface area contributed by atoms with Gasteiger partial charge in [-0.15, -0.1) is 0 Å². The largest absolute Gasteiger partial charge is 0.313 e. The van der Waals surface area contributed by atoms with E-state index in [0.29, 0.717) is 0 Å². The molecular formula is C42H42N2. The molecule has 0 amide bonds. The Morgan fingerprint density at radius 1 is 0.659 bits per heavy atom. The minimum atomic E-state index is 0.880. The summed E-state index contributed by atoms with van der Waals surface area (Å²) in [6, 6.07) is 37.2. The summed E-state index contributed by atoms with van der Waals surface area (Å²) < 4.78 is 0. The number of para-hydroxylation sites is 1. The minimum Gasteiger partial charge on any atom is -0.313 e. The standard InChI is InChI=1S/C42H42N2/c1-7-10-17-34(9-3)43(36-27-23-31(4)24-28-36)41-33(6)38(20-11-8-2)42(40-22-16-15-21-39(40)41)44(35-18-13-12-14-19-35)37-29-25-32(5)26-30-37/h7-8,10-30H,2,9H2,1,3-6H3. The van der Waals surface area contributed by atoms with Crippen LogP contribution in [0.15, 0.2) is 146 Å². The number of rotatable bonds is 10. The van der Waals surface area contributed by atoms with Gasteiger partial charge in [-0.25, -0.2) is 0 Å². The minimum absolute atomic E-state index is 0.880. The van der Waals surface area contributed by atoms with Crippen molar-refractivity contribution in [2.24, 2.45) is 0 Å². The van der Waals surface area contributed by atoms with Gasteiger partial charge in [0.2, 0.25) is 0 Å². The third-order valence-corrected chi connectivity index (χ3v) is 8.03. The van der Waals surface area contributed by atoms with Gasteiger partial charge in [-0.1, -0.05) is 122 Å². The van der Waals surface area contributed by atoms with Gasteiger partial charge in [0.1, 0.15) is 0 Å². The zero-order valence-electron chi connectivity index (χ0n) is 26.6. The summed E-state index contributed by atoms with van der Waals surface area (Å²) in [6.07, 6.45) is 13.5. The number of anilines is 5. The number of aryl methyl sites for hydroxylation is 2. The molecule has 0 N–H and O–H groups in total. The fourth-order valence-corrected chi connectivity index (χ4v) is 5.81. The zero-order valence-corrected chi connectivity index (χ0v) is 26.6. The van der Waals surface area contributed by atoms with E-state index < -0.39 is 0 Å². The Bertz CT molecular complexity index is 1820. The molecule has 0 spiro atoms. The smallest absolute Gasteiger partial charge is 0.0616 e. The van der Waals surface area contributed by atoms with Crippen LogP contribution in [0.25, 0.3) is 16.8 Å². The van der Waals surface area contributed by atoms with Crippen LogP contribution in [0.2, 0.25) is 0 Å². The number of hydrogen-bond acceptors (Lipinski definition) is 2. The molecule has 5 aromatic carbocycles. The van der Waals surface area contributed by atoms with Gasteiger partial charge in [0.05, 0.1) is 11.4 Å². The first kappa shape index (κ1) is 30.4. The molecule has 0 aromatic heterocycles. The summed E-state index contributed by atoms with van der Waals surface area (Å²) in [5.41, 5.74) is 11.8. The van der Waals surface area contributed by atoms with Crippen LogP contribution in [-0.4, -0.2) is 0 Å². The summed E-state index contributed by atoms with van der Waals surface area (Å²) in [6.45, 7) is 14.9. The predicted octanol–water partition coefficient (Wildman–Crippen LogP) is 12.4. The van der Waals surface area contributed by atoms with Crippen molar-refractivity contribution in [3.05, 3.63) is 168 Å². The molecule has 0 radical (unpaired) electrons. The number of allylic oxidation sites excluding steroid dienone is 6. The molecule has 0 aliphatic rings. The second-order valence-corrected chi connectivity index (χ2v) is 11.1. The van der Waals surface area contributed by atoms with Gasteiger partial charge in [0.25, 0.3) is 0 Å². The van der Waals surface area contributed by atoms with E-state index in [1.807, 2.05) is 6.08 Å². The maximum Gasteiger partial charge on any atom is 0.0616 e. The number of hydrogen-bond donors (Lipinski definition) is 0. The molecule has 5 aromatic rings. The van der Waals surface area contributed by atoms with Crippen LogP contribution in [0.3, 0.4) is 0 Å². The van der Waals surface area contributed by atoms with Crippen molar-refractivity contribution in [2.45, 2.75) is 41.0 Å². The van der Waals surface area contributed by atoms with Crippen molar-refractivity contribution in [1.29, 1.82) is 0 Å². The fraction of sp³-hybridized carbons (Fsp3) is 0.143. The summed E-state index contributed by atoms with van der Waals surface area (Å²) in [5.74, 6) is 0. The first-order valence-electron chi connectivity index (χ1n) is 15.4. The Morgan fingerprint density at radius 3 is 1.77 bits per heavy atom. The normalized spacial score (nSPS) is 11.9. The summed E-state index contributed by atoms with van der Waals surface area (Å²) in [7, 11) is 0. The monoisotopic (exact) mass is 574 g/mol. The van der Waals surface area contributed by atoms with Gasteiger partial charge in [0, 0.05) is 39.1 Å². The molecule has 0 heterocycles. The molecule has 220 valence electrons. The van der Waals surface area contributed by atoms with E-state index in [1.165, 1.54) is 38.8 Å². The maximum atomic E-state index is 4.03. The molecule has 0 aliphatic carbocycles. The summed E-state index contributed by atoms with van der Waals surface area (Å²) in [5, 5.41) is 2.38. The van der Waals surface area contributed by atoms with Gasteiger partial charge < -0.3 is 9.80 Å². The Balaban J connectivity index is 1.94. The summed E-state index contributed by atoms with van der Waals surface area (Å²) >= 11 is 0. The molecule has 2 heteroatoms. The first-order valence-corrected chi connectivity index (χ1v) is 15.4. The van der Waals surface area contributed by atoms with E-state index in [2.05, 4.69) is 185 Å². The SMILES string of the molecule is C=CC=Cc1c(C)c(N(C(=CC=CC)CC)c2ccc(C)cc2)c2ccccc2c1N(c1ccccc1)c1ccc(C)cc1. The van der Waals surface area contributed by atoms with E-state index in [9.17, 15) is 0 Å². The van der Waals surface area contributed by atoms with Crippen LogP contribution in [0.5, 0.6) is 0 Å². The predicted molar refractivity (Wildman–Crippen MR) is 194 cm³/mol. The lowest BCUT2D eigenvalue weighted by atomic mass is 9.92. The van der Waals surface area contributed by atoms with E-state index >= 15 is 0 Å². The molecule has 2 nitrogen and oxygen atoms in total. The van der Waals surface area contributed by atoms with E-state index in [-0.39, 0.29) is 0 Å². The highest BCUT2D eigenvalue weighted by atomic mass is 15.2. The van der Waals surface area contributed by atoms with Gasteiger partial charge in [-0.05, 0) is 82.2 Å². The van der Waals surface area contributed by atoms with Crippen LogP contribution < -0.4 is 9.80 Å². The van der Waals surface area contributed by atoms with Crippen molar-refractivity contribution < 1.29 is 0 Å². The maximum absolute atomic E-state index is 4.03. The molecule has 0 bridgehead atoms. The van der Waals surface area contributed by atoms with Crippen LogP contribution in [0.1, 0.15) is 42.5 Å². The third-order valence-electron chi connectivity index (χ3n) is 8.03. The lowest BCUT2D eigenvalue weighted by molar-refractivity contribution is 1.01. The Morgan fingerprint density at radius 2 is 1.20 bits per heavy atom. The van der Waals surface area contributed by atoms with Gasteiger partial charge >= 0.3 is 0 Å². The van der Waals surface area contributed by atoms with Gasteiger partial charge in [-0.3, -0.25) is 0 Å². The molecule has 0 fully saturated rings. The van der Waals surface area contributed by atoms with Crippen molar-refractivity contribution in [1.82, 2.24) is 0 Å². The van der Waals surface area contributed by atoms with Gasteiger partial charge in [-0.2, -0.15) is 0 Å². The quantitative estimate of drug-likeness (QED) is 0.153. The second-order valence-electron chi connectivity index (χ2n) is 11.1. The second kappa shape index (κ2) is 13.9. The Kier molecular flexibility index (Phi) is 9.62. The van der Waals surface area contributed by atoms with Gasteiger partial charge in [0.15, 0.2) is 0 Å². The van der Waals surface area contributed by atoms with Crippen molar-refractivity contribution in [3.8, 4) is 0 Å². The average Bonchev–Trinajstić information content (AvgIpc) is 3.05. The molecular weight excluding hydrogens is 532 g/mol. The first-order chi connectivity index (χ1) is 21.5. The molecule has 0 atom stereocenters. The molecule has 0 saturated heterocycles. The number of nitrogens with zero attached hydrogens (tertiary/aromatic N) is 2. The molecule has 44 heavy (non-hydrogen) atoms. The topological polar surface area (TPSA) is 6.48 Å². The third kappa shape index (κ3) is 6.16. The average molecular weight is 575 g/mol. The molecule has 0 unspecified atom stereocenters.